The van der Waals surface area contributed by atoms with E-state index >= 15 is 0 Å². The summed E-state index contributed by atoms with van der Waals surface area (Å²) in [6.45, 7) is 0. The van der Waals surface area contributed by atoms with Crippen LogP contribution in [-0.2, 0) is 0 Å². The molecule has 3 heterocycles. The van der Waals surface area contributed by atoms with Gasteiger partial charge in [0.25, 0.3) is 0 Å². The number of nitrogens with zero attached hydrogens (tertiary/aromatic N) is 2. The summed E-state index contributed by atoms with van der Waals surface area (Å²) >= 11 is 1.74. The lowest BCUT2D eigenvalue weighted by Gasteiger charge is -1.93. The summed E-state index contributed by atoms with van der Waals surface area (Å²) in [4.78, 5) is 1.27. The lowest BCUT2D eigenvalue weighted by Crippen LogP contribution is -1.82. The van der Waals surface area contributed by atoms with E-state index in [-0.39, 0.29) is 0 Å². The summed E-state index contributed by atoms with van der Waals surface area (Å²) in [7, 11) is 0. The van der Waals surface area contributed by atoms with Crippen molar-refractivity contribution < 1.29 is 0 Å². The molecule has 0 fully saturated rings. The van der Waals surface area contributed by atoms with Crippen molar-refractivity contribution in [1.29, 1.82) is 0 Å². The van der Waals surface area contributed by atoms with Gasteiger partial charge in [0.15, 0.2) is 0 Å². The Morgan fingerprint density at radius 3 is 3.00 bits per heavy atom. The van der Waals surface area contributed by atoms with Gasteiger partial charge in [0, 0.05) is 16.6 Å². The third kappa shape index (κ3) is 1.06. The Bertz CT molecular complexity index is 551. The zero-order chi connectivity index (χ0) is 9.38. The van der Waals surface area contributed by atoms with Crippen LogP contribution in [0.4, 0.5) is 0 Å². The first-order chi connectivity index (χ1) is 6.95. The van der Waals surface area contributed by atoms with E-state index in [0.29, 0.717) is 0 Å². The van der Waals surface area contributed by atoms with Crippen LogP contribution in [0.5, 0.6) is 0 Å². The molecule has 3 rings (SSSR count). The van der Waals surface area contributed by atoms with Crippen molar-refractivity contribution >= 4 is 16.9 Å². The van der Waals surface area contributed by atoms with Crippen LogP contribution in [0.1, 0.15) is 0 Å². The highest BCUT2D eigenvalue weighted by molar-refractivity contribution is 7.13. The quantitative estimate of drug-likeness (QED) is 0.590. The summed E-state index contributed by atoms with van der Waals surface area (Å²) in [5, 5.41) is 6.38. The molecule has 3 heteroatoms. The normalized spacial score (nSPS) is 10.9. The minimum atomic E-state index is 1.16. The molecule has 3 aromatic heterocycles. The van der Waals surface area contributed by atoms with Gasteiger partial charge in [-0.25, -0.2) is 4.52 Å². The van der Waals surface area contributed by atoms with Crippen LogP contribution in [0.25, 0.3) is 16.0 Å². The Balaban J connectivity index is 2.33. The van der Waals surface area contributed by atoms with Crippen LogP contribution in [0.15, 0.2) is 48.1 Å². The van der Waals surface area contributed by atoms with E-state index in [2.05, 4.69) is 28.7 Å². The van der Waals surface area contributed by atoms with Gasteiger partial charge in [-0.15, -0.1) is 11.3 Å². The molecule has 0 bridgehead atoms. The monoisotopic (exact) mass is 200 g/mol. The molecule has 0 saturated carbocycles. The summed E-state index contributed by atoms with van der Waals surface area (Å²) in [6.07, 6.45) is 3.88. The van der Waals surface area contributed by atoms with Crippen LogP contribution in [0, 0.1) is 0 Å². The number of hydrogen-bond acceptors (Lipinski definition) is 2. The molecule has 68 valence electrons. The van der Waals surface area contributed by atoms with Gasteiger partial charge in [-0.2, -0.15) is 5.10 Å². The highest BCUT2D eigenvalue weighted by Crippen LogP contribution is 2.27. The molecule has 3 aromatic rings. The zero-order valence-electron chi connectivity index (χ0n) is 7.42. The van der Waals surface area contributed by atoms with Crippen LogP contribution in [0.2, 0.25) is 0 Å². The SMILES string of the molecule is c1csc(-c2cnn3ccccc23)c1. The van der Waals surface area contributed by atoms with E-state index in [0.717, 1.165) is 5.52 Å². The maximum atomic E-state index is 4.30. The standard InChI is InChI=1S/C11H8N2S/c1-2-6-13-10(4-1)9(8-12-13)11-5-3-7-14-11/h1-8H. The van der Waals surface area contributed by atoms with Gasteiger partial charge in [-0.3, -0.25) is 0 Å². The lowest BCUT2D eigenvalue weighted by molar-refractivity contribution is 0.961. The fraction of sp³-hybridized carbons (Fsp3) is 0. The van der Waals surface area contributed by atoms with Crippen LogP contribution < -0.4 is 0 Å². The molecule has 2 nitrogen and oxygen atoms in total. The molecule has 0 saturated heterocycles. The molecule has 0 aliphatic heterocycles. The topological polar surface area (TPSA) is 17.3 Å². The third-order valence-corrected chi connectivity index (χ3v) is 3.12. The van der Waals surface area contributed by atoms with E-state index < -0.39 is 0 Å². The smallest absolute Gasteiger partial charge is 0.0748 e. The first kappa shape index (κ1) is 7.76. The van der Waals surface area contributed by atoms with E-state index in [4.69, 9.17) is 0 Å². The van der Waals surface area contributed by atoms with E-state index in [9.17, 15) is 0 Å². The highest BCUT2D eigenvalue weighted by atomic mass is 32.1. The van der Waals surface area contributed by atoms with E-state index in [1.54, 1.807) is 11.3 Å². The first-order valence-electron chi connectivity index (χ1n) is 4.41. The van der Waals surface area contributed by atoms with Crippen LogP contribution in [0.3, 0.4) is 0 Å². The average Bonchev–Trinajstić information content (AvgIpc) is 2.85. The largest absolute Gasteiger partial charge is 0.240 e. The maximum absolute atomic E-state index is 4.30. The van der Waals surface area contributed by atoms with Gasteiger partial charge < -0.3 is 0 Å². The molecule has 0 unspecified atom stereocenters. The minimum absolute atomic E-state index is 1.16. The van der Waals surface area contributed by atoms with Crippen molar-refractivity contribution in [3.63, 3.8) is 0 Å². The molecule has 0 spiro atoms. The second-order valence-corrected chi connectivity index (χ2v) is 4.01. The predicted octanol–water partition coefficient (Wildman–Crippen LogP) is 3.06. The van der Waals surface area contributed by atoms with Gasteiger partial charge in [0.2, 0.25) is 0 Å². The Labute approximate surface area is 85.4 Å². The Morgan fingerprint density at radius 2 is 2.14 bits per heavy atom. The van der Waals surface area contributed by atoms with Gasteiger partial charge in [-0.1, -0.05) is 12.1 Å². The second kappa shape index (κ2) is 2.96. The van der Waals surface area contributed by atoms with Crippen molar-refractivity contribution in [1.82, 2.24) is 9.61 Å². The molecule has 0 N–H and O–H groups in total. The van der Waals surface area contributed by atoms with Gasteiger partial charge >= 0.3 is 0 Å². The summed E-state index contributed by atoms with van der Waals surface area (Å²) in [5.41, 5.74) is 2.37. The molecule has 0 aliphatic rings. The van der Waals surface area contributed by atoms with Crippen molar-refractivity contribution in [3.05, 3.63) is 48.1 Å². The lowest BCUT2D eigenvalue weighted by atomic mass is 10.2. The van der Waals surface area contributed by atoms with Crippen molar-refractivity contribution in [2.24, 2.45) is 0 Å². The van der Waals surface area contributed by atoms with Crippen molar-refractivity contribution in [2.45, 2.75) is 0 Å². The van der Waals surface area contributed by atoms with Gasteiger partial charge in [0.1, 0.15) is 0 Å². The molecule has 0 atom stereocenters. The zero-order valence-corrected chi connectivity index (χ0v) is 8.24. The summed E-state index contributed by atoms with van der Waals surface area (Å²) in [6, 6.07) is 10.3. The summed E-state index contributed by atoms with van der Waals surface area (Å²) in [5.74, 6) is 0. The number of pyridine rings is 1. The van der Waals surface area contributed by atoms with Gasteiger partial charge in [0.05, 0.1) is 11.7 Å². The number of rotatable bonds is 1. The number of hydrogen-bond donors (Lipinski definition) is 0. The second-order valence-electron chi connectivity index (χ2n) is 3.07. The molecule has 0 aromatic carbocycles. The van der Waals surface area contributed by atoms with Gasteiger partial charge in [-0.05, 0) is 23.6 Å². The van der Waals surface area contributed by atoms with Crippen LogP contribution in [-0.4, -0.2) is 9.61 Å². The first-order valence-corrected chi connectivity index (χ1v) is 5.29. The molecule has 0 radical (unpaired) electrons. The number of thiophene rings is 1. The van der Waals surface area contributed by atoms with Crippen molar-refractivity contribution in [3.8, 4) is 10.4 Å². The third-order valence-electron chi connectivity index (χ3n) is 2.21. The van der Waals surface area contributed by atoms with Crippen molar-refractivity contribution in [2.75, 3.05) is 0 Å². The maximum Gasteiger partial charge on any atom is 0.0748 e. The number of aromatic nitrogens is 2. The van der Waals surface area contributed by atoms with E-state index in [1.807, 2.05) is 29.0 Å². The van der Waals surface area contributed by atoms with E-state index in [1.165, 1.54) is 10.4 Å². The molecule has 14 heavy (non-hydrogen) atoms. The highest BCUT2D eigenvalue weighted by Gasteiger charge is 2.05. The fourth-order valence-electron chi connectivity index (χ4n) is 1.56. The molecule has 0 amide bonds. The predicted molar refractivity (Wildman–Crippen MR) is 58.5 cm³/mol. The van der Waals surface area contributed by atoms with Crippen LogP contribution >= 0.6 is 11.3 Å². The molecular weight excluding hydrogens is 192 g/mol. The summed E-state index contributed by atoms with van der Waals surface area (Å²) < 4.78 is 1.90. The minimum Gasteiger partial charge on any atom is -0.240 e. The Morgan fingerprint density at radius 1 is 1.14 bits per heavy atom. The average molecular weight is 200 g/mol. The number of fused-ring (bicyclic) bond motifs is 1. The Kier molecular flexibility index (Phi) is 1.64. The molecule has 0 aliphatic carbocycles. The fourth-order valence-corrected chi connectivity index (χ4v) is 2.30. The molecular formula is C11H8N2S. The Hall–Kier alpha value is -1.61.